The molecule has 2 nitrogen and oxygen atoms in total. The Bertz CT molecular complexity index is 284. The van der Waals surface area contributed by atoms with Crippen LogP contribution in [0.25, 0.3) is 0 Å². The SMILES string of the molecule is CC(C)NC(CO)Cc1ccc(I)cc1. The van der Waals surface area contributed by atoms with Crippen LogP contribution in [0.4, 0.5) is 0 Å². The van der Waals surface area contributed by atoms with Crippen molar-refractivity contribution in [2.75, 3.05) is 6.61 Å². The number of rotatable bonds is 5. The maximum Gasteiger partial charge on any atom is 0.0587 e. The highest BCUT2D eigenvalue weighted by atomic mass is 127. The molecule has 0 fully saturated rings. The Morgan fingerprint density at radius 1 is 1.27 bits per heavy atom. The third kappa shape index (κ3) is 4.95. The van der Waals surface area contributed by atoms with Gasteiger partial charge in [-0.1, -0.05) is 26.0 Å². The molecule has 1 atom stereocenters. The molecule has 0 aliphatic heterocycles. The van der Waals surface area contributed by atoms with Crippen molar-refractivity contribution in [2.45, 2.75) is 32.4 Å². The summed E-state index contributed by atoms with van der Waals surface area (Å²) in [7, 11) is 0. The van der Waals surface area contributed by atoms with Crippen LogP contribution in [-0.4, -0.2) is 23.8 Å². The van der Waals surface area contributed by atoms with Gasteiger partial charge in [0.15, 0.2) is 0 Å². The molecule has 2 N–H and O–H groups in total. The van der Waals surface area contributed by atoms with Gasteiger partial charge in [0.2, 0.25) is 0 Å². The molecule has 1 aromatic rings. The zero-order chi connectivity index (χ0) is 11.3. The van der Waals surface area contributed by atoms with E-state index in [9.17, 15) is 5.11 Å². The van der Waals surface area contributed by atoms with Crippen molar-refractivity contribution in [3.05, 3.63) is 33.4 Å². The Kier molecular flexibility index (Phi) is 5.56. The van der Waals surface area contributed by atoms with Gasteiger partial charge in [0.05, 0.1) is 6.61 Å². The minimum absolute atomic E-state index is 0.157. The topological polar surface area (TPSA) is 32.3 Å². The van der Waals surface area contributed by atoms with Crippen LogP contribution in [0.3, 0.4) is 0 Å². The van der Waals surface area contributed by atoms with E-state index in [1.54, 1.807) is 0 Å². The molecule has 0 spiro atoms. The first-order valence-corrected chi connectivity index (χ1v) is 6.31. The predicted molar refractivity (Wildman–Crippen MR) is 72.0 cm³/mol. The first-order valence-electron chi connectivity index (χ1n) is 5.23. The number of hydrogen-bond donors (Lipinski definition) is 2. The molecule has 0 aromatic heterocycles. The van der Waals surface area contributed by atoms with E-state index in [2.05, 4.69) is 66.0 Å². The van der Waals surface area contributed by atoms with E-state index in [0.29, 0.717) is 6.04 Å². The molecule has 0 bridgehead atoms. The van der Waals surface area contributed by atoms with Crippen molar-refractivity contribution in [3.8, 4) is 0 Å². The first-order chi connectivity index (χ1) is 7.11. The van der Waals surface area contributed by atoms with Crippen LogP contribution < -0.4 is 5.32 Å². The minimum Gasteiger partial charge on any atom is -0.395 e. The average molecular weight is 319 g/mol. The van der Waals surface area contributed by atoms with Crippen molar-refractivity contribution in [1.82, 2.24) is 5.32 Å². The Hall–Kier alpha value is -0.130. The van der Waals surface area contributed by atoms with Crippen molar-refractivity contribution in [1.29, 1.82) is 0 Å². The van der Waals surface area contributed by atoms with Crippen molar-refractivity contribution >= 4 is 22.6 Å². The maximum atomic E-state index is 9.23. The van der Waals surface area contributed by atoms with Gasteiger partial charge in [-0.3, -0.25) is 0 Å². The molecule has 1 rings (SSSR count). The number of aliphatic hydroxyl groups excluding tert-OH is 1. The highest BCUT2D eigenvalue weighted by Gasteiger charge is 2.08. The van der Waals surface area contributed by atoms with Crippen LogP contribution in [0.5, 0.6) is 0 Å². The van der Waals surface area contributed by atoms with E-state index in [1.807, 2.05) is 0 Å². The van der Waals surface area contributed by atoms with E-state index in [1.165, 1.54) is 9.13 Å². The third-order valence-electron chi connectivity index (χ3n) is 2.18. The summed E-state index contributed by atoms with van der Waals surface area (Å²) in [6.45, 7) is 4.37. The number of hydrogen-bond acceptors (Lipinski definition) is 2. The second-order valence-corrected chi connectivity index (χ2v) is 5.28. The summed E-state index contributed by atoms with van der Waals surface area (Å²) < 4.78 is 1.24. The molecule has 0 saturated carbocycles. The second-order valence-electron chi connectivity index (χ2n) is 4.03. The minimum atomic E-state index is 0.157. The Balaban J connectivity index is 2.54. The number of benzene rings is 1. The summed E-state index contributed by atoms with van der Waals surface area (Å²) in [5, 5.41) is 12.6. The third-order valence-corrected chi connectivity index (χ3v) is 2.90. The first kappa shape index (κ1) is 12.9. The molecule has 0 aliphatic carbocycles. The van der Waals surface area contributed by atoms with Crippen LogP contribution in [0.15, 0.2) is 24.3 Å². The lowest BCUT2D eigenvalue weighted by Gasteiger charge is -2.19. The molecular formula is C12H18INO. The largest absolute Gasteiger partial charge is 0.395 e. The Labute approximate surface area is 105 Å². The van der Waals surface area contributed by atoms with Gasteiger partial charge in [-0.25, -0.2) is 0 Å². The lowest BCUT2D eigenvalue weighted by molar-refractivity contribution is 0.234. The van der Waals surface area contributed by atoms with Gasteiger partial charge in [0, 0.05) is 15.7 Å². The molecule has 1 unspecified atom stereocenters. The fraction of sp³-hybridized carbons (Fsp3) is 0.500. The summed E-state index contributed by atoms with van der Waals surface area (Å²) in [6, 6.07) is 8.99. The van der Waals surface area contributed by atoms with E-state index in [0.717, 1.165) is 6.42 Å². The van der Waals surface area contributed by atoms with Crippen LogP contribution in [0, 0.1) is 3.57 Å². The second kappa shape index (κ2) is 6.45. The molecular weight excluding hydrogens is 301 g/mol. The summed E-state index contributed by atoms with van der Waals surface area (Å²) in [6.07, 6.45) is 0.881. The molecule has 1 aromatic carbocycles. The molecule has 0 radical (unpaired) electrons. The molecule has 3 heteroatoms. The predicted octanol–water partition coefficient (Wildman–Crippen LogP) is 2.19. The number of aliphatic hydroxyl groups is 1. The quantitative estimate of drug-likeness (QED) is 0.816. The van der Waals surface area contributed by atoms with Crippen molar-refractivity contribution < 1.29 is 5.11 Å². The zero-order valence-electron chi connectivity index (χ0n) is 9.20. The van der Waals surface area contributed by atoms with Gasteiger partial charge in [-0.05, 0) is 46.7 Å². The summed E-state index contributed by atoms with van der Waals surface area (Å²) in [5.41, 5.74) is 1.27. The lowest BCUT2D eigenvalue weighted by Crippen LogP contribution is -2.39. The molecule has 0 aliphatic rings. The smallest absolute Gasteiger partial charge is 0.0587 e. The van der Waals surface area contributed by atoms with Gasteiger partial charge in [0.1, 0.15) is 0 Å². The van der Waals surface area contributed by atoms with Crippen LogP contribution in [0.1, 0.15) is 19.4 Å². The monoisotopic (exact) mass is 319 g/mol. The number of halogens is 1. The van der Waals surface area contributed by atoms with Crippen molar-refractivity contribution in [2.24, 2.45) is 0 Å². The molecule has 0 saturated heterocycles. The van der Waals surface area contributed by atoms with E-state index >= 15 is 0 Å². The average Bonchev–Trinajstić information content (AvgIpc) is 2.19. The highest BCUT2D eigenvalue weighted by Crippen LogP contribution is 2.09. The number of nitrogens with one attached hydrogen (secondary N) is 1. The molecule has 0 heterocycles. The summed E-state index contributed by atoms with van der Waals surface area (Å²) in [5.74, 6) is 0. The Morgan fingerprint density at radius 2 is 1.87 bits per heavy atom. The van der Waals surface area contributed by atoms with Crippen molar-refractivity contribution in [3.63, 3.8) is 0 Å². The van der Waals surface area contributed by atoms with E-state index in [-0.39, 0.29) is 12.6 Å². The van der Waals surface area contributed by atoms with Crippen LogP contribution >= 0.6 is 22.6 Å². The standard InChI is InChI=1S/C12H18INO/c1-9(2)14-12(8-15)7-10-3-5-11(13)6-4-10/h3-6,9,12,14-15H,7-8H2,1-2H3. The molecule has 0 amide bonds. The lowest BCUT2D eigenvalue weighted by atomic mass is 10.1. The maximum absolute atomic E-state index is 9.23. The van der Waals surface area contributed by atoms with E-state index in [4.69, 9.17) is 0 Å². The van der Waals surface area contributed by atoms with Crippen LogP contribution in [-0.2, 0) is 6.42 Å². The van der Waals surface area contributed by atoms with Gasteiger partial charge < -0.3 is 10.4 Å². The van der Waals surface area contributed by atoms with Gasteiger partial charge >= 0.3 is 0 Å². The highest BCUT2D eigenvalue weighted by molar-refractivity contribution is 14.1. The Morgan fingerprint density at radius 3 is 2.33 bits per heavy atom. The van der Waals surface area contributed by atoms with Gasteiger partial charge in [-0.2, -0.15) is 0 Å². The van der Waals surface area contributed by atoms with E-state index < -0.39 is 0 Å². The fourth-order valence-electron chi connectivity index (χ4n) is 1.55. The zero-order valence-corrected chi connectivity index (χ0v) is 11.4. The molecule has 84 valence electrons. The fourth-order valence-corrected chi connectivity index (χ4v) is 1.91. The normalized spacial score (nSPS) is 13.1. The van der Waals surface area contributed by atoms with Gasteiger partial charge in [-0.15, -0.1) is 0 Å². The van der Waals surface area contributed by atoms with Crippen LogP contribution in [0.2, 0.25) is 0 Å². The summed E-state index contributed by atoms with van der Waals surface area (Å²) in [4.78, 5) is 0. The van der Waals surface area contributed by atoms with Gasteiger partial charge in [0.25, 0.3) is 0 Å². The molecule has 15 heavy (non-hydrogen) atoms. The summed E-state index contributed by atoms with van der Waals surface area (Å²) >= 11 is 2.29.